The van der Waals surface area contributed by atoms with Crippen LogP contribution in [0.15, 0.2) is 59.8 Å². The Morgan fingerprint density at radius 3 is 2.39 bits per heavy atom. The van der Waals surface area contributed by atoms with Gasteiger partial charge in [-0.05, 0) is 50.1 Å². The van der Waals surface area contributed by atoms with Gasteiger partial charge in [-0.1, -0.05) is 55.4 Å². The van der Waals surface area contributed by atoms with Gasteiger partial charge >= 0.3 is 0 Å². The van der Waals surface area contributed by atoms with Gasteiger partial charge in [0.25, 0.3) is 0 Å². The lowest BCUT2D eigenvalue weighted by atomic mass is 10.1. The molecule has 0 saturated carbocycles. The molecule has 2 aromatic rings. The molecule has 28 heavy (non-hydrogen) atoms. The molecule has 3 rings (SSSR count). The van der Waals surface area contributed by atoms with Crippen LogP contribution in [0, 0.1) is 0 Å². The van der Waals surface area contributed by atoms with Crippen LogP contribution >= 0.6 is 0 Å². The Morgan fingerprint density at radius 2 is 1.68 bits per heavy atom. The number of nitrogens with one attached hydrogen (secondary N) is 1. The predicted molar refractivity (Wildman–Crippen MR) is 116 cm³/mol. The van der Waals surface area contributed by atoms with E-state index in [1.54, 1.807) is 0 Å². The van der Waals surface area contributed by atoms with Crippen LogP contribution in [0.1, 0.15) is 45.7 Å². The molecule has 0 heterocycles. The summed E-state index contributed by atoms with van der Waals surface area (Å²) >= 11 is 0. The van der Waals surface area contributed by atoms with Crippen molar-refractivity contribution in [2.45, 2.75) is 46.3 Å². The van der Waals surface area contributed by atoms with Crippen LogP contribution in [-0.4, -0.2) is 30.5 Å². The molecule has 4 nitrogen and oxygen atoms in total. The minimum absolute atomic E-state index is 0.340. The summed E-state index contributed by atoms with van der Waals surface area (Å²) < 4.78 is 5.92. The van der Waals surface area contributed by atoms with Gasteiger partial charge in [-0.2, -0.15) is 0 Å². The van der Waals surface area contributed by atoms with Crippen LogP contribution in [0.3, 0.4) is 0 Å². The summed E-state index contributed by atoms with van der Waals surface area (Å²) in [7, 11) is 0. The van der Waals surface area contributed by atoms with Crippen LogP contribution < -0.4 is 10.1 Å². The molecule has 0 aliphatic heterocycles. The van der Waals surface area contributed by atoms with Gasteiger partial charge in [-0.25, -0.2) is 0 Å². The Kier molecular flexibility index (Phi) is 6.20. The van der Waals surface area contributed by atoms with Crippen molar-refractivity contribution in [1.29, 1.82) is 0 Å². The average molecular weight is 379 g/mol. The number of fused-ring (bicyclic) bond motifs is 3. The smallest absolute Gasteiger partial charge is 0.129 e. The monoisotopic (exact) mass is 378 g/mol. The van der Waals surface area contributed by atoms with E-state index in [1.165, 1.54) is 5.56 Å². The highest BCUT2D eigenvalue weighted by Crippen LogP contribution is 2.39. The van der Waals surface area contributed by atoms with Crippen LogP contribution in [0.4, 0.5) is 0 Å². The fourth-order valence-corrected chi connectivity index (χ4v) is 2.99. The molecule has 0 atom stereocenters. The maximum atomic E-state index is 5.92. The quantitative estimate of drug-likeness (QED) is 0.456. The van der Waals surface area contributed by atoms with Crippen LogP contribution in [0.25, 0.3) is 11.1 Å². The SMILES string of the molecule is CC(C)NC/C=C\COc1ccc2c(c1)/C(=N/OC(C)(C)C)c1ccccc1-2. The third-order valence-corrected chi connectivity index (χ3v) is 4.29. The molecule has 0 saturated heterocycles. The highest BCUT2D eigenvalue weighted by molar-refractivity contribution is 6.24. The average Bonchev–Trinajstić information content (AvgIpc) is 2.95. The van der Waals surface area contributed by atoms with Gasteiger partial charge in [0.15, 0.2) is 0 Å². The van der Waals surface area contributed by atoms with Crippen molar-refractivity contribution in [1.82, 2.24) is 5.32 Å². The zero-order valence-corrected chi connectivity index (χ0v) is 17.5. The maximum absolute atomic E-state index is 5.92. The second-order valence-electron chi connectivity index (χ2n) is 8.24. The molecule has 2 aromatic carbocycles. The second kappa shape index (κ2) is 8.61. The minimum Gasteiger partial charge on any atom is -0.490 e. The Balaban J connectivity index is 1.79. The van der Waals surface area contributed by atoms with E-state index >= 15 is 0 Å². The van der Waals surface area contributed by atoms with E-state index in [0.29, 0.717) is 12.6 Å². The van der Waals surface area contributed by atoms with E-state index in [9.17, 15) is 0 Å². The molecule has 0 spiro atoms. The topological polar surface area (TPSA) is 42.8 Å². The van der Waals surface area contributed by atoms with Crippen molar-refractivity contribution in [2.24, 2.45) is 5.16 Å². The molecular formula is C24H30N2O2. The molecule has 0 bridgehead atoms. The first kappa shape index (κ1) is 20.2. The summed E-state index contributed by atoms with van der Waals surface area (Å²) in [6, 6.07) is 15.0. The van der Waals surface area contributed by atoms with E-state index in [-0.39, 0.29) is 5.60 Å². The first-order valence-corrected chi connectivity index (χ1v) is 9.87. The number of ether oxygens (including phenoxy) is 1. The first-order chi connectivity index (χ1) is 13.3. The largest absolute Gasteiger partial charge is 0.490 e. The summed E-state index contributed by atoms with van der Waals surface area (Å²) in [6.07, 6.45) is 4.13. The van der Waals surface area contributed by atoms with Gasteiger partial charge in [-0.15, -0.1) is 0 Å². The first-order valence-electron chi connectivity index (χ1n) is 9.87. The molecule has 0 amide bonds. The van der Waals surface area contributed by atoms with Gasteiger partial charge in [0.05, 0.1) is 0 Å². The fourth-order valence-electron chi connectivity index (χ4n) is 2.99. The maximum Gasteiger partial charge on any atom is 0.129 e. The van der Waals surface area contributed by atoms with Crippen LogP contribution in [0.5, 0.6) is 5.75 Å². The molecule has 0 radical (unpaired) electrons. The van der Waals surface area contributed by atoms with Gasteiger partial charge in [-0.3, -0.25) is 0 Å². The lowest BCUT2D eigenvalue weighted by molar-refractivity contribution is 0.00121. The number of hydrogen-bond donors (Lipinski definition) is 1. The number of hydrogen-bond acceptors (Lipinski definition) is 4. The van der Waals surface area contributed by atoms with Crippen LogP contribution in [-0.2, 0) is 4.84 Å². The molecule has 1 aliphatic rings. The molecule has 0 aromatic heterocycles. The van der Waals surface area contributed by atoms with Crippen molar-refractivity contribution in [2.75, 3.05) is 13.2 Å². The Morgan fingerprint density at radius 1 is 0.964 bits per heavy atom. The standard InChI is InChI=1S/C24H30N2O2/c1-17(2)25-14-8-9-15-27-18-12-13-20-19-10-6-7-11-21(19)23(22(20)16-18)26-28-24(3,4)5/h6-13,16-17,25H,14-15H2,1-5H3/b9-8-,26-23+. The third-order valence-electron chi connectivity index (χ3n) is 4.29. The summed E-state index contributed by atoms with van der Waals surface area (Å²) in [5.41, 5.74) is 5.01. The molecule has 0 unspecified atom stereocenters. The normalized spacial score (nSPS) is 14.6. The lowest BCUT2D eigenvalue weighted by Crippen LogP contribution is -2.22. The molecule has 148 valence electrons. The van der Waals surface area contributed by atoms with Gasteiger partial charge < -0.3 is 14.9 Å². The Labute approximate surface area is 168 Å². The summed E-state index contributed by atoms with van der Waals surface area (Å²) in [5, 5.41) is 7.84. The highest BCUT2D eigenvalue weighted by Gasteiger charge is 2.26. The molecule has 0 fully saturated rings. The second-order valence-corrected chi connectivity index (χ2v) is 8.24. The van der Waals surface area contributed by atoms with Crippen molar-refractivity contribution in [3.05, 3.63) is 65.7 Å². The number of oxime groups is 1. The van der Waals surface area contributed by atoms with E-state index in [1.807, 2.05) is 39.0 Å². The van der Waals surface area contributed by atoms with Crippen LogP contribution in [0.2, 0.25) is 0 Å². The van der Waals surface area contributed by atoms with Crippen molar-refractivity contribution >= 4 is 5.71 Å². The summed E-state index contributed by atoms with van der Waals surface area (Å²) in [5.74, 6) is 0.830. The zero-order chi connectivity index (χ0) is 20.1. The van der Waals surface area contributed by atoms with E-state index in [0.717, 1.165) is 34.7 Å². The molecule has 1 N–H and O–H groups in total. The molecular weight excluding hydrogens is 348 g/mol. The fraction of sp³-hybridized carbons (Fsp3) is 0.375. The van der Waals surface area contributed by atoms with E-state index in [4.69, 9.17) is 9.57 Å². The molecule has 1 aliphatic carbocycles. The zero-order valence-electron chi connectivity index (χ0n) is 17.5. The van der Waals surface area contributed by atoms with E-state index in [2.05, 4.69) is 60.7 Å². The van der Waals surface area contributed by atoms with Crippen molar-refractivity contribution in [3.8, 4) is 16.9 Å². The van der Waals surface area contributed by atoms with Crippen molar-refractivity contribution in [3.63, 3.8) is 0 Å². The predicted octanol–water partition coefficient (Wildman–Crippen LogP) is 5.17. The lowest BCUT2D eigenvalue weighted by Gasteiger charge is -2.16. The minimum atomic E-state index is -0.340. The number of benzene rings is 2. The summed E-state index contributed by atoms with van der Waals surface area (Å²) in [4.78, 5) is 5.74. The molecule has 4 heteroatoms. The number of nitrogens with zero attached hydrogens (tertiary/aromatic N) is 1. The van der Waals surface area contributed by atoms with E-state index < -0.39 is 0 Å². The highest BCUT2D eigenvalue weighted by atomic mass is 16.6. The number of rotatable bonds is 7. The third kappa shape index (κ3) is 5.02. The van der Waals surface area contributed by atoms with Gasteiger partial charge in [0.2, 0.25) is 0 Å². The Hall–Kier alpha value is -2.59. The Bertz CT molecular complexity index is 876. The van der Waals surface area contributed by atoms with Gasteiger partial charge in [0.1, 0.15) is 23.7 Å². The van der Waals surface area contributed by atoms with Gasteiger partial charge in [0, 0.05) is 23.7 Å². The van der Waals surface area contributed by atoms with Crippen molar-refractivity contribution < 1.29 is 9.57 Å². The summed E-state index contributed by atoms with van der Waals surface area (Å²) in [6.45, 7) is 11.7.